The average molecular weight is 2110 g/mol. The number of piperidine rings is 1. The minimum absolute atomic E-state index is 0.0216. The highest BCUT2D eigenvalue weighted by Gasteiger charge is 2.43. The molecular formula is C127H266N12O9. The summed E-state index contributed by atoms with van der Waals surface area (Å²) in [6.07, 6.45) is 12.6. The number of hydrogen-bond acceptors (Lipinski definition) is 21. The summed E-state index contributed by atoms with van der Waals surface area (Å²) in [5.41, 5.74) is 3.90. The Bertz CT molecular complexity index is 3040. The standard InChI is InChI=1S/2C17H36N2O2.2C16H34N2O2.C14H29N.C13H26O.C13H26.C11H24N2.C10H21N/c2*1-16(2,3)15-20-13-11-18-7-9-19(10-8-18)12-14-21-17(4,5)6;2*1-15(2,3)19-13-11-17-7-9-18(10-8-17)12-14-20-16(4,5)6;1-13(2,3)11-15-9-7-12(8-10-15)14(4,5)6;1-12(2,3)8-10-7-11(10)9-14-13(4,5)6;1-12(2,3)8-10-7-11(10)9-13(4,5)6;1-11(2,3)10-13-7-5-6-12(4)8-9-13;1-9-5-6-11(7-9)8-10(2,3)4/h2*7-15H2,1-6H3;2*7-14H2,1-6H3;12H,7-11H2,1-6H3;10-11H,7-9H2,1-6H3;10-11H,7-9H2,1-6H3;5-10H2,1-4H3;9H,5-8H2,1-4H3. The van der Waals surface area contributed by atoms with Gasteiger partial charge in [0, 0.05) is 196 Å². The molecule has 9 aliphatic rings. The van der Waals surface area contributed by atoms with E-state index >= 15 is 0 Å². The Morgan fingerprint density at radius 3 is 0.655 bits per heavy atom. The van der Waals surface area contributed by atoms with E-state index < -0.39 is 0 Å². The van der Waals surface area contributed by atoms with Crippen LogP contribution < -0.4 is 0 Å². The lowest BCUT2D eigenvalue weighted by atomic mass is 9.75. The van der Waals surface area contributed by atoms with E-state index in [2.05, 4.69) is 405 Å². The van der Waals surface area contributed by atoms with E-state index in [1.54, 1.807) is 0 Å². The van der Waals surface area contributed by atoms with Gasteiger partial charge in [-0.15, -0.1) is 0 Å². The van der Waals surface area contributed by atoms with Crippen LogP contribution in [0.25, 0.3) is 0 Å². The topological polar surface area (TPSA) is 122 Å². The second-order valence-corrected chi connectivity index (χ2v) is 64.1. The second-order valence-electron chi connectivity index (χ2n) is 64.1. The lowest BCUT2D eigenvalue weighted by Gasteiger charge is -2.40. The van der Waals surface area contributed by atoms with Gasteiger partial charge in [-0.1, -0.05) is 194 Å². The summed E-state index contributed by atoms with van der Waals surface area (Å²) >= 11 is 0. The normalized spacial score (nSPS) is 22.2. The third-order valence-electron chi connectivity index (χ3n) is 27.4. The molecule has 148 heavy (non-hydrogen) atoms. The van der Waals surface area contributed by atoms with E-state index in [4.69, 9.17) is 42.6 Å². The zero-order valence-corrected chi connectivity index (χ0v) is 109. The molecule has 21 nitrogen and oxygen atoms in total. The lowest BCUT2D eigenvalue weighted by Crippen LogP contribution is -2.48. The number of ether oxygens (including phenoxy) is 9. The largest absolute Gasteiger partial charge is 0.380 e. The molecule has 9 rings (SSSR count). The summed E-state index contributed by atoms with van der Waals surface area (Å²) in [5.74, 6) is 5.70. The molecule has 0 bridgehead atoms. The van der Waals surface area contributed by atoms with Crippen molar-refractivity contribution in [2.75, 3.05) is 309 Å². The van der Waals surface area contributed by atoms with Crippen LogP contribution in [0, 0.1) is 84.2 Å². The minimum atomic E-state index is -0.0217. The molecular weight excluding hydrogens is 1840 g/mol. The molecule has 0 amide bonds. The van der Waals surface area contributed by atoms with Crippen molar-refractivity contribution in [1.29, 1.82) is 0 Å². The molecule has 2 aliphatic carbocycles. The lowest BCUT2D eigenvalue weighted by molar-refractivity contribution is -0.0280. The molecule has 5 atom stereocenters. The maximum absolute atomic E-state index is 5.80. The Labute approximate surface area is 925 Å². The van der Waals surface area contributed by atoms with Crippen LogP contribution in [-0.4, -0.2) is 407 Å². The number of hydrogen-bond donors (Lipinski definition) is 0. The maximum atomic E-state index is 5.80. The zero-order valence-electron chi connectivity index (χ0n) is 109. The molecule has 7 aliphatic heterocycles. The van der Waals surface area contributed by atoms with Gasteiger partial charge < -0.3 is 62.2 Å². The van der Waals surface area contributed by atoms with Crippen molar-refractivity contribution in [3.8, 4) is 0 Å². The third kappa shape index (κ3) is 91.9. The van der Waals surface area contributed by atoms with Crippen LogP contribution in [0.1, 0.15) is 397 Å². The van der Waals surface area contributed by atoms with Gasteiger partial charge in [0.05, 0.1) is 112 Å². The Hall–Kier alpha value is -0.840. The van der Waals surface area contributed by atoms with E-state index in [-0.39, 0.29) is 50.0 Å². The quantitative estimate of drug-likeness (QED) is 0.0567. The van der Waals surface area contributed by atoms with Gasteiger partial charge in [0.2, 0.25) is 0 Å². The Balaban J connectivity index is 0.000000839. The fraction of sp³-hybridized carbons (Fsp3) is 1.00. The monoisotopic (exact) mass is 2100 g/mol. The van der Waals surface area contributed by atoms with Crippen LogP contribution >= 0.6 is 0 Å². The predicted octanol–water partition coefficient (Wildman–Crippen LogP) is 25.6. The third-order valence-corrected chi connectivity index (χ3v) is 27.4. The Morgan fingerprint density at radius 2 is 0.432 bits per heavy atom. The molecule has 0 aromatic rings. The van der Waals surface area contributed by atoms with Crippen molar-refractivity contribution in [1.82, 2.24) is 58.8 Å². The maximum Gasteiger partial charge on any atom is 0.0600 e. The summed E-state index contributed by atoms with van der Waals surface area (Å²) in [4.78, 5) is 30.2. The molecule has 7 heterocycles. The van der Waals surface area contributed by atoms with E-state index in [9.17, 15) is 0 Å². The number of rotatable bonds is 34. The molecule has 888 valence electrons. The number of likely N-dealkylation sites (N-methyl/N-ethyl adjacent to an activating group) is 1. The van der Waals surface area contributed by atoms with Crippen molar-refractivity contribution in [3.63, 3.8) is 0 Å². The van der Waals surface area contributed by atoms with Gasteiger partial charge in [0.25, 0.3) is 0 Å². The van der Waals surface area contributed by atoms with Gasteiger partial charge in [-0.05, 0) is 327 Å². The van der Waals surface area contributed by atoms with E-state index in [1.807, 2.05) is 0 Å². The number of nitrogens with zero attached hydrogens (tertiary/aromatic N) is 12. The van der Waals surface area contributed by atoms with Crippen LogP contribution in [-0.2, 0) is 42.6 Å². The first-order valence-electron chi connectivity index (χ1n) is 60.4. The van der Waals surface area contributed by atoms with Gasteiger partial charge in [0.15, 0.2) is 0 Å². The van der Waals surface area contributed by atoms with Crippen LogP contribution in [0.15, 0.2) is 0 Å². The molecule has 5 unspecified atom stereocenters. The molecule has 0 N–H and O–H groups in total. The van der Waals surface area contributed by atoms with Crippen molar-refractivity contribution < 1.29 is 42.6 Å². The van der Waals surface area contributed by atoms with Crippen LogP contribution in [0.4, 0.5) is 0 Å². The first kappa shape index (κ1) is 145. The highest BCUT2D eigenvalue weighted by Crippen LogP contribution is 2.51. The van der Waals surface area contributed by atoms with Crippen molar-refractivity contribution in [3.05, 3.63) is 0 Å². The van der Waals surface area contributed by atoms with Crippen LogP contribution in [0.2, 0.25) is 0 Å². The second kappa shape index (κ2) is 67.8. The Kier molecular flexibility index (Phi) is 66.5. The molecule has 7 saturated heterocycles. The van der Waals surface area contributed by atoms with E-state index in [0.717, 1.165) is 265 Å². The van der Waals surface area contributed by atoms with Crippen molar-refractivity contribution in [2.45, 2.75) is 436 Å². The summed E-state index contributed by atoms with van der Waals surface area (Å²) in [6, 6.07) is 0. The minimum Gasteiger partial charge on any atom is -0.380 e. The zero-order chi connectivity index (χ0) is 114. The van der Waals surface area contributed by atoms with Crippen LogP contribution in [0.5, 0.6) is 0 Å². The van der Waals surface area contributed by atoms with Gasteiger partial charge in [-0.25, -0.2) is 0 Å². The Morgan fingerprint density at radius 1 is 0.209 bits per heavy atom. The van der Waals surface area contributed by atoms with Crippen LogP contribution in [0.3, 0.4) is 0 Å². The fourth-order valence-corrected chi connectivity index (χ4v) is 19.7. The summed E-state index contributed by atoms with van der Waals surface area (Å²) in [6.45, 7) is 159. The highest BCUT2D eigenvalue weighted by atomic mass is 16.5. The van der Waals surface area contributed by atoms with Gasteiger partial charge in [-0.3, -0.25) is 39.2 Å². The average Bonchev–Trinajstić information content (AvgIpc) is 1.67. The molecule has 0 radical (unpaired) electrons. The molecule has 0 aromatic heterocycles. The predicted molar refractivity (Wildman–Crippen MR) is 643 cm³/mol. The first-order chi connectivity index (χ1) is 67.1. The summed E-state index contributed by atoms with van der Waals surface area (Å²) < 4.78 is 52.0. The smallest absolute Gasteiger partial charge is 0.0600 e. The van der Waals surface area contributed by atoms with E-state index in [0.29, 0.717) is 37.9 Å². The molecule has 2 saturated carbocycles. The van der Waals surface area contributed by atoms with Crippen molar-refractivity contribution in [2.24, 2.45) is 84.2 Å². The number of likely N-dealkylation sites (tertiary alicyclic amines) is 2. The molecule has 0 spiro atoms. The van der Waals surface area contributed by atoms with Gasteiger partial charge in [0.1, 0.15) is 0 Å². The molecule has 21 heteroatoms. The highest BCUT2D eigenvalue weighted by molar-refractivity contribution is 4.93. The SMILES string of the molecule is CC(C)(C)CC1CC1CC(C)(C)C.CC(C)(C)CC1CC1COC(C)(C)C.CC(C)(C)CN1CCC(C(C)(C)C)CC1.CC(C)(C)COCCN1CCN(CCOC(C)(C)C)CC1.CC(C)(C)COCCN1CCN(CCOC(C)(C)C)CC1.CC(C)(C)OCCN1CCN(CCOC(C)(C)C)CC1.CC(C)(C)OCCN1CCN(CCOC(C)(C)C)CC1.CC1CCN(CC(C)(C)C)C1.CN1CCCN(CC(C)(C)C)CC1. The number of piperazine rings is 4. The fourth-order valence-electron chi connectivity index (χ4n) is 19.7. The summed E-state index contributed by atoms with van der Waals surface area (Å²) in [5, 5.41) is 0. The van der Waals surface area contributed by atoms with Gasteiger partial charge in [-0.2, -0.15) is 0 Å². The van der Waals surface area contributed by atoms with E-state index in [1.165, 1.54) is 130 Å². The van der Waals surface area contributed by atoms with Crippen molar-refractivity contribution >= 4 is 0 Å². The molecule has 0 aromatic carbocycles. The van der Waals surface area contributed by atoms with Gasteiger partial charge >= 0.3 is 0 Å². The molecule has 9 fully saturated rings. The first-order valence-corrected chi connectivity index (χ1v) is 60.4. The summed E-state index contributed by atoms with van der Waals surface area (Å²) in [7, 11) is 2.22.